The summed E-state index contributed by atoms with van der Waals surface area (Å²) in [6, 6.07) is 8.68. The van der Waals surface area contributed by atoms with E-state index < -0.39 is 0 Å². The summed E-state index contributed by atoms with van der Waals surface area (Å²) in [4.78, 5) is 0. The smallest absolute Gasteiger partial charge is 0.0376 e. The third-order valence-electron chi connectivity index (χ3n) is 3.32. The number of fused-ring (bicyclic) bond motifs is 1. The van der Waals surface area contributed by atoms with E-state index in [0.29, 0.717) is 5.92 Å². The molecule has 0 fully saturated rings. The van der Waals surface area contributed by atoms with Crippen LogP contribution in [0.1, 0.15) is 37.7 Å². The van der Waals surface area contributed by atoms with Gasteiger partial charge in [-0.3, -0.25) is 0 Å². The highest BCUT2D eigenvalue weighted by molar-refractivity contribution is 5.57. The molecule has 0 saturated carbocycles. The lowest BCUT2D eigenvalue weighted by Crippen LogP contribution is -2.19. The topological polar surface area (TPSA) is 24.1 Å². The lowest BCUT2D eigenvalue weighted by Gasteiger charge is -2.10. The van der Waals surface area contributed by atoms with E-state index >= 15 is 0 Å². The molecule has 1 aliphatic heterocycles. The van der Waals surface area contributed by atoms with Gasteiger partial charge in [0.25, 0.3) is 0 Å². The maximum absolute atomic E-state index is 3.52. The Labute approximate surface area is 98.4 Å². The van der Waals surface area contributed by atoms with E-state index in [1.807, 2.05) is 0 Å². The molecule has 1 aromatic carbocycles. The van der Waals surface area contributed by atoms with E-state index in [1.54, 1.807) is 0 Å². The third-order valence-corrected chi connectivity index (χ3v) is 3.32. The Morgan fingerprint density at radius 1 is 1.31 bits per heavy atom. The van der Waals surface area contributed by atoms with Gasteiger partial charge in [0.2, 0.25) is 0 Å². The molecule has 0 spiro atoms. The van der Waals surface area contributed by atoms with Gasteiger partial charge in [-0.15, -0.1) is 0 Å². The molecular weight excluding hydrogens is 196 g/mol. The molecule has 0 bridgehead atoms. The maximum Gasteiger partial charge on any atom is 0.0376 e. The van der Waals surface area contributed by atoms with Crippen molar-refractivity contribution in [3.8, 4) is 0 Å². The molecule has 1 aromatic rings. The van der Waals surface area contributed by atoms with Crippen LogP contribution < -0.4 is 10.6 Å². The summed E-state index contributed by atoms with van der Waals surface area (Å²) < 4.78 is 0. The van der Waals surface area contributed by atoms with Gasteiger partial charge in [-0.05, 0) is 37.6 Å². The summed E-state index contributed by atoms with van der Waals surface area (Å²) in [5.41, 5.74) is 2.83. The lowest BCUT2D eigenvalue weighted by atomic mass is 9.98. The number of unbranched alkanes of at least 4 members (excludes halogenated alkanes) is 1. The minimum absolute atomic E-state index is 0.699. The predicted octanol–water partition coefficient (Wildman–Crippen LogP) is 2.98. The molecule has 2 heteroatoms. The second-order valence-electron chi connectivity index (χ2n) is 4.56. The Morgan fingerprint density at radius 2 is 2.19 bits per heavy atom. The van der Waals surface area contributed by atoms with E-state index in [0.717, 1.165) is 19.6 Å². The van der Waals surface area contributed by atoms with Crippen molar-refractivity contribution >= 4 is 5.69 Å². The second-order valence-corrected chi connectivity index (χ2v) is 4.56. The summed E-state index contributed by atoms with van der Waals surface area (Å²) >= 11 is 0. The maximum atomic E-state index is 3.52. The summed E-state index contributed by atoms with van der Waals surface area (Å²) in [7, 11) is 0. The van der Waals surface area contributed by atoms with Crippen molar-refractivity contribution in [1.29, 1.82) is 0 Å². The fourth-order valence-corrected chi connectivity index (χ4v) is 2.32. The number of anilines is 1. The van der Waals surface area contributed by atoms with E-state index in [2.05, 4.69) is 41.8 Å². The zero-order valence-corrected chi connectivity index (χ0v) is 10.1. The molecule has 0 aliphatic carbocycles. The van der Waals surface area contributed by atoms with Gasteiger partial charge in [0.05, 0.1) is 0 Å². The van der Waals surface area contributed by atoms with Crippen LogP contribution in [0.5, 0.6) is 0 Å². The van der Waals surface area contributed by atoms with Gasteiger partial charge in [-0.1, -0.05) is 31.5 Å². The Morgan fingerprint density at radius 3 is 3.06 bits per heavy atom. The van der Waals surface area contributed by atoms with Crippen molar-refractivity contribution in [2.45, 2.75) is 32.1 Å². The van der Waals surface area contributed by atoms with Gasteiger partial charge in [0.1, 0.15) is 0 Å². The standard InChI is InChI=1S/C14H22N2/c1-2-3-9-15-10-8-12-11-16-14-7-5-4-6-13(12)14/h4-7,12,15-16H,2-3,8-11H2,1H3. The minimum atomic E-state index is 0.699. The first-order valence-corrected chi connectivity index (χ1v) is 6.45. The first-order valence-electron chi connectivity index (χ1n) is 6.45. The highest BCUT2D eigenvalue weighted by Crippen LogP contribution is 2.32. The molecule has 2 rings (SSSR count). The first kappa shape index (κ1) is 11.5. The lowest BCUT2D eigenvalue weighted by molar-refractivity contribution is 0.577. The molecule has 1 aliphatic rings. The van der Waals surface area contributed by atoms with E-state index in [-0.39, 0.29) is 0 Å². The fraction of sp³-hybridized carbons (Fsp3) is 0.571. The van der Waals surface area contributed by atoms with Crippen LogP contribution in [0.3, 0.4) is 0 Å². The molecule has 0 aromatic heterocycles. The van der Waals surface area contributed by atoms with Crippen molar-refractivity contribution in [2.24, 2.45) is 0 Å². The van der Waals surface area contributed by atoms with Crippen LogP contribution in [0.2, 0.25) is 0 Å². The molecule has 0 saturated heterocycles. The summed E-state index contributed by atoms with van der Waals surface area (Å²) in [5.74, 6) is 0.699. The van der Waals surface area contributed by atoms with Crippen molar-refractivity contribution in [3.05, 3.63) is 29.8 Å². The molecular formula is C14H22N2. The van der Waals surface area contributed by atoms with Crippen LogP contribution in [-0.4, -0.2) is 19.6 Å². The monoisotopic (exact) mass is 218 g/mol. The normalized spacial score (nSPS) is 18.2. The zero-order chi connectivity index (χ0) is 11.2. The molecule has 88 valence electrons. The van der Waals surface area contributed by atoms with E-state index in [4.69, 9.17) is 0 Å². The van der Waals surface area contributed by atoms with Crippen LogP contribution >= 0.6 is 0 Å². The number of nitrogens with one attached hydrogen (secondary N) is 2. The van der Waals surface area contributed by atoms with Gasteiger partial charge < -0.3 is 10.6 Å². The number of benzene rings is 1. The van der Waals surface area contributed by atoms with Crippen LogP contribution in [0.4, 0.5) is 5.69 Å². The highest BCUT2D eigenvalue weighted by Gasteiger charge is 2.20. The quantitative estimate of drug-likeness (QED) is 0.717. The van der Waals surface area contributed by atoms with Crippen molar-refractivity contribution < 1.29 is 0 Å². The van der Waals surface area contributed by atoms with Gasteiger partial charge >= 0.3 is 0 Å². The van der Waals surface area contributed by atoms with Crippen molar-refractivity contribution in [1.82, 2.24) is 5.32 Å². The van der Waals surface area contributed by atoms with Gasteiger partial charge in [-0.25, -0.2) is 0 Å². The SMILES string of the molecule is CCCCNCCC1CNc2ccccc21. The third kappa shape index (κ3) is 2.76. The van der Waals surface area contributed by atoms with Gasteiger partial charge in [0.15, 0.2) is 0 Å². The average Bonchev–Trinajstić information content (AvgIpc) is 2.73. The summed E-state index contributed by atoms with van der Waals surface area (Å²) in [6.07, 6.45) is 3.81. The van der Waals surface area contributed by atoms with E-state index in [9.17, 15) is 0 Å². The van der Waals surface area contributed by atoms with Gasteiger partial charge in [-0.2, -0.15) is 0 Å². The number of para-hydroxylation sites is 1. The number of hydrogen-bond acceptors (Lipinski definition) is 2. The summed E-state index contributed by atoms with van der Waals surface area (Å²) in [6.45, 7) is 5.65. The molecule has 0 radical (unpaired) electrons. The second kappa shape index (κ2) is 5.90. The minimum Gasteiger partial charge on any atom is -0.384 e. The largest absolute Gasteiger partial charge is 0.384 e. The molecule has 1 heterocycles. The zero-order valence-electron chi connectivity index (χ0n) is 10.1. The fourth-order valence-electron chi connectivity index (χ4n) is 2.32. The Hall–Kier alpha value is -1.02. The molecule has 1 unspecified atom stereocenters. The van der Waals surface area contributed by atoms with Crippen LogP contribution in [0.25, 0.3) is 0 Å². The molecule has 1 atom stereocenters. The highest BCUT2D eigenvalue weighted by atomic mass is 14.9. The number of hydrogen-bond donors (Lipinski definition) is 2. The Balaban J connectivity index is 1.76. The molecule has 0 amide bonds. The predicted molar refractivity (Wildman–Crippen MR) is 70.1 cm³/mol. The Kier molecular flexibility index (Phi) is 4.23. The molecule has 2 nitrogen and oxygen atoms in total. The van der Waals surface area contributed by atoms with Crippen molar-refractivity contribution in [2.75, 3.05) is 25.0 Å². The summed E-state index contributed by atoms with van der Waals surface area (Å²) in [5, 5.41) is 6.99. The van der Waals surface area contributed by atoms with Crippen LogP contribution in [0, 0.1) is 0 Å². The van der Waals surface area contributed by atoms with E-state index in [1.165, 1.54) is 30.5 Å². The van der Waals surface area contributed by atoms with Crippen LogP contribution in [0.15, 0.2) is 24.3 Å². The molecule has 2 N–H and O–H groups in total. The Bertz CT molecular complexity index is 322. The first-order chi connectivity index (χ1) is 7.92. The number of rotatable bonds is 6. The van der Waals surface area contributed by atoms with Gasteiger partial charge in [0, 0.05) is 18.2 Å². The van der Waals surface area contributed by atoms with Crippen LogP contribution in [-0.2, 0) is 0 Å². The molecule has 16 heavy (non-hydrogen) atoms. The average molecular weight is 218 g/mol. The van der Waals surface area contributed by atoms with Crippen molar-refractivity contribution in [3.63, 3.8) is 0 Å².